The predicted molar refractivity (Wildman–Crippen MR) is 90.7 cm³/mol. The third-order valence-electron chi connectivity index (χ3n) is 6.09. The number of likely N-dealkylation sites (N-methyl/N-ethyl adjacent to an activating group) is 1. The SMILES string of the molecule is CN1C(C(=O)O)CC2CC(NC(=O)C3CCCCC3)CCC21.Cl. The van der Waals surface area contributed by atoms with E-state index in [-0.39, 0.29) is 36.3 Å². The number of amides is 1. The number of hydrogen-bond donors (Lipinski definition) is 2. The maximum Gasteiger partial charge on any atom is 0.320 e. The first-order valence-electron chi connectivity index (χ1n) is 8.81. The molecule has 23 heavy (non-hydrogen) atoms. The van der Waals surface area contributed by atoms with Crippen molar-refractivity contribution >= 4 is 24.3 Å². The molecule has 2 N–H and O–H groups in total. The van der Waals surface area contributed by atoms with Crippen molar-refractivity contribution in [2.24, 2.45) is 11.8 Å². The standard InChI is InChI=1S/C17H28N2O3.ClH/c1-19-14-8-7-13(9-12(14)10-15(19)17(21)22)18-16(20)11-5-3-2-4-6-11;/h11-15H,2-10H2,1H3,(H,18,20)(H,21,22);1H. The van der Waals surface area contributed by atoms with E-state index in [1.54, 1.807) is 0 Å². The third kappa shape index (κ3) is 4.00. The van der Waals surface area contributed by atoms with Crippen molar-refractivity contribution in [3.63, 3.8) is 0 Å². The lowest BCUT2D eigenvalue weighted by Crippen LogP contribution is -2.46. The van der Waals surface area contributed by atoms with Gasteiger partial charge in [0.15, 0.2) is 0 Å². The molecule has 1 heterocycles. The van der Waals surface area contributed by atoms with Crippen LogP contribution in [0.15, 0.2) is 0 Å². The molecule has 0 spiro atoms. The Morgan fingerprint density at radius 2 is 1.74 bits per heavy atom. The zero-order valence-corrected chi connectivity index (χ0v) is 14.7. The molecule has 1 aliphatic heterocycles. The number of nitrogens with one attached hydrogen (secondary N) is 1. The summed E-state index contributed by atoms with van der Waals surface area (Å²) in [6, 6.07) is 0.281. The number of nitrogens with zero attached hydrogens (tertiary/aromatic N) is 1. The van der Waals surface area contributed by atoms with Crippen LogP contribution in [0.25, 0.3) is 0 Å². The Balaban J connectivity index is 0.00000192. The molecular weight excluding hydrogens is 316 g/mol. The van der Waals surface area contributed by atoms with Crippen molar-refractivity contribution in [3.8, 4) is 0 Å². The van der Waals surface area contributed by atoms with Gasteiger partial charge in [-0.25, -0.2) is 0 Å². The molecule has 1 saturated heterocycles. The fourth-order valence-corrected chi connectivity index (χ4v) is 4.81. The average molecular weight is 345 g/mol. The van der Waals surface area contributed by atoms with Crippen molar-refractivity contribution in [2.45, 2.75) is 75.9 Å². The number of carbonyl (C=O) groups is 2. The van der Waals surface area contributed by atoms with E-state index in [2.05, 4.69) is 5.32 Å². The van der Waals surface area contributed by atoms with Crippen LogP contribution in [0.1, 0.15) is 57.8 Å². The van der Waals surface area contributed by atoms with Crippen LogP contribution in [0.4, 0.5) is 0 Å². The van der Waals surface area contributed by atoms with E-state index in [4.69, 9.17) is 0 Å². The van der Waals surface area contributed by atoms with Gasteiger partial charge in [-0.2, -0.15) is 0 Å². The number of fused-ring (bicyclic) bond motifs is 1. The van der Waals surface area contributed by atoms with Gasteiger partial charge in [-0.1, -0.05) is 19.3 Å². The molecule has 0 aromatic carbocycles. The fraction of sp³-hybridized carbons (Fsp3) is 0.882. The predicted octanol–water partition coefficient (Wildman–Crippen LogP) is 2.43. The minimum Gasteiger partial charge on any atom is -0.480 e. The quantitative estimate of drug-likeness (QED) is 0.825. The molecule has 0 aromatic heterocycles. The monoisotopic (exact) mass is 344 g/mol. The number of carboxylic acids is 1. The van der Waals surface area contributed by atoms with Gasteiger partial charge in [-0.15, -0.1) is 12.4 Å². The van der Waals surface area contributed by atoms with E-state index in [1.165, 1.54) is 19.3 Å². The molecule has 4 atom stereocenters. The summed E-state index contributed by atoms with van der Waals surface area (Å²) in [5.74, 6) is 0.157. The number of halogens is 1. The lowest BCUT2D eigenvalue weighted by atomic mass is 9.81. The Labute approximate surface area is 144 Å². The summed E-state index contributed by atoms with van der Waals surface area (Å²) in [5.41, 5.74) is 0. The zero-order chi connectivity index (χ0) is 15.7. The first-order valence-corrected chi connectivity index (χ1v) is 8.81. The molecule has 132 valence electrons. The number of carboxylic acid groups (broad SMARTS) is 1. The first-order chi connectivity index (χ1) is 10.6. The molecule has 0 bridgehead atoms. The average Bonchev–Trinajstić information content (AvgIpc) is 2.85. The molecule has 3 rings (SSSR count). The normalized spacial score (nSPS) is 35.2. The first kappa shape index (κ1) is 18.5. The van der Waals surface area contributed by atoms with Gasteiger partial charge in [-0.3, -0.25) is 14.5 Å². The highest BCUT2D eigenvalue weighted by Crippen LogP contribution is 2.39. The Bertz CT molecular complexity index is 440. The number of aliphatic carboxylic acids is 1. The van der Waals surface area contributed by atoms with Gasteiger partial charge < -0.3 is 10.4 Å². The van der Waals surface area contributed by atoms with E-state index < -0.39 is 5.97 Å². The summed E-state index contributed by atoms with van der Waals surface area (Å²) in [6.07, 6.45) is 9.35. The van der Waals surface area contributed by atoms with Crippen LogP contribution < -0.4 is 5.32 Å². The van der Waals surface area contributed by atoms with E-state index in [0.29, 0.717) is 12.0 Å². The number of rotatable bonds is 3. The molecular formula is C17H29ClN2O3. The van der Waals surface area contributed by atoms with Crippen molar-refractivity contribution < 1.29 is 14.7 Å². The van der Waals surface area contributed by atoms with Gasteiger partial charge in [0.25, 0.3) is 0 Å². The van der Waals surface area contributed by atoms with Crippen molar-refractivity contribution in [1.82, 2.24) is 10.2 Å². The minimum absolute atomic E-state index is 0. The van der Waals surface area contributed by atoms with Crippen LogP contribution in [0.2, 0.25) is 0 Å². The molecule has 1 amide bonds. The smallest absolute Gasteiger partial charge is 0.320 e. The summed E-state index contributed by atoms with van der Waals surface area (Å²) in [5, 5.41) is 12.6. The highest BCUT2D eigenvalue weighted by molar-refractivity contribution is 5.85. The number of hydrogen-bond acceptors (Lipinski definition) is 3. The van der Waals surface area contributed by atoms with E-state index in [9.17, 15) is 14.7 Å². The van der Waals surface area contributed by atoms with E-state index >= 15 is 0 Å². The van der Waals surface area contributed by atoms with Crippen LogP contribution in [0, 0.1) is 11.8 Å². The lowest BCUT2D eigenvalue weighted by Gasteiger charge is -2.35. The van der Waals surface area contributed by atoms with Gasteiger partial charge in [0.2, 0.25) is 5.91 Å². The minimum atomic E-state index is -0.709. The second-order valence-corrected chi connectivity index (χ2v) is 7.44. The molecule has 3 fully saturated rings. The number of carbonyl (C=O) groups excluding carboxylic acids is 1. The fourth-order valence-electron chi connectivity index (χ4n) is 4.81. The Kier molecular flexibility index (Phi) is 6.32. The summed E-state index contributed by atoms with van der Waals surface area (Å²) in [7, 11) is 1.93. The molecule has 2 saturated carbocycles. The van der Waals surface area contributed by atoms with Crippen molar-refractivity contribution in [2.75, 3.05) is 7.05 Å². The second-order valence-electron chi connectivity index (χ2n) is 7.44. The van der Waals surface area contributed by atoms with Crippen LogP contribution in [0.3, 0.4) is 0 Å². The highest BCUT2D eigenvalue weighted by Gasteiger charge is 2.45. The number of likely N-dealkylation sites (tertiary alicyclic amines) is 1. The maximum atomic E-state index is 12.4. The van der Waals surface area contributed by atoms with Crippen LogP contribution >= 0.6 is 12.4 Å². The summed E-state index contributed by atoms with van der Waals surface area (Å²) in [6.45, 7) is 0. The molecule has 0 radical (unpaired) electrons. The van der Waals surface area contributed by atoms with Crippen LogP contribution in [-0.4, -0.2) is 47.1 Å². The van der Waals surface area contributed by atoms with Gasteiger partial charge in [0.1, 0.15) is 6.04 Å². The zero-order valence-electron chi connectivity index (χ0n) is 13.9. The van der Waals surface area contributed by atoms with Gasteiger partial charge >= 0.3 is 5.97 Å². The molecule has 2 aliphatic carbocycles. The van der Waals surface area contributed by atoms with Gasteiger partial charge in [-0.05, 0) is 51.5 Å². The Morgan fingerprint density at radius 3 is 2.39 bits per heavy atom. The van der Waals surface area contributed by atoms with Crippen molar-refractivity contribution in [1.29, 1.82) is 0 Å². The molecule has 5 nitrogen and oxygen atoms in total. The van der Waals surface area contributed by atoms with E-state index in [0.717, 1.165) is 38.5 Å². The molecule has 0 aromatic rings. The van der Waals surface area contributed by atoms with Gasteiger partial charge in [0, 0.05) is 18.0 Å². The van der Waals surface area contributed by atoms with E-state index in [1.807, 2.05) is 11.9 Å². The summed E-state index contributed by atoms with van der Waals surface area (Å²) in [4.78, 5) is 25.7. The second kappa shape index (κ2) is 7.84. The summed E-state index contributed by atoms with van der Waals surface area (Å²) >= 11 is 0. The van der Waals surface area contributed by atoms with Crippen LogP contribution in [-0.2, 0) is 9.59 Å². The molecule has 4 unspecified atom stereocenters. The third-order valence-corrected chi connectivity index (χ3v) is 6.09. The Hall–Kier alpha value is -0.810. The Morgan fingerprint density at radius 1 is 1.04 bits per heavy atom. The maximum absolute atomic E-state index is 12.4. The molecule has 6 heteroatoms. The largest absolute Gasteiger partial charge is 0.480 e. The summed E-state index contributed by atoms with van der Waals surface area (Å²) < 4.78 is 0. The van der Waals surface area contributed by atoms with Gasteiger partial charge in [0.05, 0.1) is 0 Å². The van der Waals surface area contributed by atoms with Crippen LogP contribution in [0.5, 0.6) is 0 Å². The lowest BCUT2D eigenvalue weighted by molar-refractivity contribution is -0.142. The van der Waals surface area contributed by atoms with Crippen molar-refractivity contribution in [3.05, 3.63) is 0 Å². The molecule has 3 aliphatic rings. The highest BCUT2D eigenvalue weighted by atomic mass is 35.5. The topological polar surface area (TPSA) is 69.6 Å².